The van der Waals surface area contributed by atoms with Gasteiger partial charge in [-0.15, -0.1) is 11.3 Å². The SMILES string of the molecule is Cc1ccc2cccc(OCCNC(=O)c3sc(C(C)C)nc3C)c2n1. The van der Waals surface area contributed by atoms with Gasteiger partial charge in [0.2, 0.25) is 0 Å². The van der Waals surface area contributed by atoms with E-state index in [4.69, 9.17) is 4.74 Å². The highest BCUT2D eigenvalue weighted by Gasteiger charge is 2.16. The standard InChI is InChI=1S/C20H23N3O2S/c1-12(2)20-23-14(4)18(26-20)19(24)21-10-11-25-16-7-5-6-15-9-8-13(3)22-17(15)16/h5-9,12H,10-11H2,1-4H3,(H,21,24). The Morgan fingerprint density at radius 2 is 2.00 bits per heavy atom. The number of rotatable bonds is 6. The van der Waals surface area contributed by atoms with Crippen LogP contribution in [-0.2, 0) is 0 Å². The number of carbonyl (C=O) groups excluding carboxylic acids is 1. The van der Waals surface area contributed by atoms with Gasteiger partial charge in [0.05, 0.1) is 17.2 Å². The number of aromatic nitrogens is 2. The summed E-state index contributed by atoms with van der Waals surface area (Å²) in [5, 5.41) is 4.94. The summed E-state index contributed by atoms with van der Waals surface area (Å²) in [4.78, 5) is 22.1. The first-order valence-corrected chi connectivity index (χ1v) is 9.52. The molecule has 0 atom stereocenters. The van der Waals surface area contributed by atoms with E-state index in [1.54, 1.807) is 0 Å². The Morgan fingerprint density at radius 1 is 1.19 bits per heavy atom. The number of amides is 1. The predicted octanol–water partition coefficient (Wildman–Crippen LogP) is 4.24. The Hall–Kier alpha value is -2.47. The number of nitrogens with zero attached hydrogens (tertiary/aromatic N) is 2. The summed E-state index contributed by atoms with van der Waals surface area (Å²) < 4.78 is 5.84. The topological polar surface area (TPSA) is 64.1 Å². The van der Waals surface area contributed by atoms with Crippen LogP contribution in [0.2, 0.25) is 0 Å². The zero-order valence-electron chi connectivity index (χ0n) is 15.5. The van der Waals surface area contributed by atoms with Crippen molar-refractivity contribution in [2.24, 2.45) is 0 Å². The number of pyridine rings is 1. The lowest BCUT2D eigenvalue weighted by Crippen LogP contribution is -2.28. The first kappa shape index (κ1) is 18.3. The highest BCUT2D eigenvalue weighted by atomic mass is 32.1. The van der Waals surface area contributed by atoms with Gasteiger partial charge in [-0.25, -0.2) is 9.97 Å². The molecule has 2 heterocycles. The highest BCUT2D eigenvalue weighted by Crippen LogP contribution is 2.25. The van der Waals surface area contributed by atoms with Crippen LogP contribution < -0.4 is 10.1 Å². The fraction of sp³-hybridized carbons (Fsp3) is 0.350. The fourth-order valence-corrected chi connectivity index (χ4v) is 3.60. The zero-order valence-corrected chi connectivity index (χ0v) is 16.3. The van der Waals surface area contributed by atoms with Crippen LogP contribution in [0.25, 0.3) is 10.9 Å². The number of hydrogen-bond donors (Lipinski definition) is 1. The minimum Gasteiger partial charge on any atom is -0.489 e. The monoisotopic (exact) mass is 369 g/mol. The van der Waals surface area contributed by atoms with Crippen molar-refractivity contribution in [1.29, 1.82) is 0 Å². The zero-order chi connectivity index (χ0) is 18.7. The van der Waals surface area contributed by atoms with Gasteiger partial charge >= 0.3 is 0 Å². The average molecular weight is 369 g/mol. The van der Waals surface area contributed by atoms with Crippen LogP contribution in [0.4, 0.5) is 0 Å². The third kappa shape index (κ3) is 4.02. The average Bonchev–Trinajstić information content (AvgIpc) is 3.01. The number of nitrogens with one attached hydrogen (secondary N) is 1. The molecular formula is C20H23N3O2S. The fourth-order valence-electron chi connectivity index (χ4n) is 2.61. The van der Waals surface area contributed by atoms with Crippen LogP contribution in [0.1, 0.15) is 45.8 Å². The Morgan fingerprint density at radius 3 is 2.73 bits per heavy atom. The number of benzene rings is 1. The van der Waals surface area contributed by atoms with Crippen molar-refractivity contribution in [3.05, 3.63) is 51.6 Å². The van der Waals surface area contributed by atoms with Gasteiger partial charge in [-0.1, -0.05) is 32.0 Å². The number of carbonyl (C=O) groups is 1. The smallest absolute Gasteiger partial charge is 0.263 e. The number of thiazole rings is 1. The van der Waals surface area contributed by atoms with Gasteiger partial charge in [0.25, 0.3) is 5.91 Å². The second-order valence-corrected chi connectivity index (χ2v) is 7.54. The van der Waals surface area contributed by atoms with E-state index in [-0.39, 0.29) is 5.91 Å². The quantitative estimate of drug-likeness (QED) is 0.660. The molecule has 0 aliphatic carbocycles. The molecule has 2 aromatic heterocycles. The molecule has 1 N–H and O–H groups in total. The Bertz CT molecular complexity index is 934. The van der Waals surface area contributed by atoms with Gasteiger partial charge in [-0.2, -0.15) is 0 Å². The van der Waals surface area contributed by atoms with E-state index in [2.05, 4.69) is 29.1 Å². The molecule has 0 fully saturated rings. The van der Waals surface area contributed by atoms with Crippen molar-refractivity contribution in [3.8, 4) is 5.75 Å². The summed E-state index contributed by atoms with van der Waals surface area (Å²) in [6.07, 6.45) is 0. The van der Waals surface area contributed by atoms with Gasteiger partial charge in [-0.3, -0.25) is 4.79 Å². The Balaban J connectivity index is 1.59. The second-order valence-electron chi connectivity index (χ2n) is 6.51. The van der Waals surface area contributed by atoms with Crippen LogP contribution in [-0.4, -0.2) is 29.0 Å². The molecule has 0 aliphatic rings. The molecule has 0 unspecified atom stereocenters. The normalized spacial score (nSPS) is 11.1. The van der Waals surface area contributed by atoms with Gasteiger partial charge in [0.15, 0.2) is 0 Å². The molecule has 0 aliphatic heterocycles. The minimum atomic E-state index is -0.0950. The number of ether oxygens (including phenoxy) is 1. The number of hydrogen-bond acceptors (Lipinski definition) is 5. The van der Waals surface area contributed by atoms with E-state index in [1.165, 1.54) is 11.3 Å². The van der Waals surface area contributed by atoms with Crippen molar-refractivity contribution < 1.29 is 9.53 Å². The lowest BCUT2D eigenvalue weighted by atomic mass is 10.2. The van der Waals surface area contributed by atoms with E-state index in [9.17, 15) is 4.79 Å². The minimum absolute atomic E-state index is 0.0950. The largest absolute Gasteiger partial charge is 0.489 e. The lowest BCUT2D eigenvalue weighted by molar-refractivity contribution is 0.0950. The molecule has 3 rings (SSSR count). The summed E-state index contributed by atoms with van der Waals surface area (Å²) in [5.74, 6) is 0.963. The van der Waals surface area contributed by atoms with Crippen molar-refractivity contribution in [1.82, 2.24) is 15.3 Å². The summed E-state index contributed by atoms with van der Waals surface area (Å²) in [5.41, 5.74) is 2.58. The molecule has 0 saturated carbocycles. The summed E-state index contributed by atoms with van der Waals surface area (Å²) in [7, 11) is 0. The number of para-hydroxylation sites is 1. The van der Waals surface area contributed by atoms with E-state index >= 15 is 0 Å². The molecule has 136 valence electrons. The van der Waals surface area contributed by atoms with Gasteiger partial charge in [0.1, 0.15) is 22.8 Å². The molecule has 26 heavy (non-hydrogen) atoms. The van der Waals surface area contributed by atoms with Crippen LogP contribution >= 0.6 is 11.3 Å². The van der Waals surface area contributed by atoms with Crippen molar-refractivity contribution in [2.75, 3.05) is 13.2 Å². The maximum Gasteiger partial charge on any atom is 0.263 e. The van der Waals surface area contributed by atoms with Crippen LogP contribution in [0.15, 0.2) is 30.3 Å². The molecule has 6 heteroatoms. The van der Waals surface area contributed by atoms with Crippen LogP contribution in [0.3, 0.4) is 0 Å². The van der Waals surface area contributed by atoms with Gasteiger partial charge in [-0.05, 0) is 26.0 Å². The summed E-state index contributed by atoms with van der Waals surface area (Å²) in [6, 6.07) is 9.87. The first-order valence-electron chi connectivity index (χ1n) is 8.70. The van der Waals surface area contributed by atoms with E-state index in [0.29, 0.717) is 23.9 Å². The molecule has 0 saturated heterocycles. The molecule has 3 aromatic rings. The second kappa shape index (κ2) is 7.83. The highest BCUT2D eigenvalue weighted by molar-refractivity contribution is 7.13. The van der Waals surface area contributed by atoms with Crippen molar-refractivity contribution in [2.45, 2.75) is 33.6 Å². The Kier molecular flexibility index (Phi) is 5.52. The maximum atomic E-state index is 12.4. The number of fused-ring (bicyclic) bond motifs is 1. The lowest BCUT2D eigenvalue weighted by Gasteiger charge is -2.10. The summed E-state index contributed by atoms with van der Waals surface area (Å²) in [6.45, 7) is 8.80. The summed E-state index contributed by atoms with van der Waals surface area (Å²) >= 11 is 1.46. The molecular weight excluding hydrogens is 346 g/mol. The van der Waals surface area contributed by atoms with Crippen LogP contribution in [0, 0.1) is 13.8 Å². The molecule has 1 amide bonds. The molecule has 0 bridgehead atoms. The van der Waals surface area contributed by atoms with Gasteiger partial charge < -0.3 is 10.1 Å². The Labute approximate surface area is 157 Å². The number of aryl methyl sites for hydroxylation is 2. The van der Waals surface area contributed by atoms with Gasteiger partial charge in [0, 0.05) is 17.0 Å². The third-order valence-corrected chi connectivity index (χ3v) is 5.44. The molecule has 1 aromatic carbocycles. The molecule has 0 spiro atoms. The van der Waals surface area contributed by atoms with Crippen molar-refractivity contribution >= 4 is 28.1 Å². The van der Waals surface area contributed by atoms with E-state index < -0.39 is 0 Å². The molecule has 0 radical (unpaired) electrons. The third-order valence-electron chi connectivity index (χ3n) is 3.98. The first-order chi connectivity index (χ1) is 12.5. The molecule has 5 nitrogen and oxygen atoms in total. The van der Waals surface area contributed by atoms with E-state index in [0.717, 1.165) is 33.0 Å². The van der Waals surface area contributed by atoms with Crippen LogP contribution in [0.5, 0.6) is 5.75 Å². The maximum absolute atomic E-state index is 12.4. The van der Waals surface area contributed by atoms with E-state index in [1.807, 2.05) is 44.2 Å². The van der Waals surface area contributed by atoms with Crippen molar-refractivity contribution in [3.63, 3.8) is 0 Å². The predicted molar refractivity (Wildman–Crippen MR) is 105 cm³/mol.